The molecule has 36 heavy (non-hydrogen) atoms. The Hall–Kier alpha value is -3.56. The van der Waals surface area contributed by atoms with Gasteiger partial charge in [-0.05, 0) is 71.7 Å². The van der Waals surface area contributed by atoms with Gasteiger partial charge in [-0.15, -0.1) is 0 Å². The van der Waals surface area contributed by atoms with E-state index in [9.17, 15) is 23.9 Å². The lowest BCUT2D eigenvalue weighted by molar-refractivity contribution is -0.137. The van der Waals surface area contributed by atoms with Crippen molar-refractivity contribution in [1.82, 2.24) is 0 Å². The number of rotatable bonds is 11. The minimum absolute atomic E-state index is 0.158. The average Bonchev–Trinajstić information content (AvgIpc) is 2.84. The van der Waals surface area contributed by atoms with E-state index in [-0.39, 0.29) is 12.0 Å². The van der Waals surface area contributed by atoms with Crippen LogP contribution in [0.5, 0.6) is 0 Å². The van der Waals surface area contributed by atoms with E-state index in [0.29, 0.717) is 12.2 Å². The van der Waals surface area contributed by atoms with Gasteiger partial charge in [0.05, 0.1) is 17.9 Å². The largest absolute Gasteiger partial charge is 0.481 e. The zero-order valence-corrected chi connectivity index (χ0v) is 20.9. The average molecular weight is 492 g/mol. The van der Waals surface area contributed by atoms with Crippen molar-refractivity contribution in [2.45, 2.75) is 50.9 Å². The summed E-state index contributed by atoms with van der Waals surface area (Å²) in [5.74, 6) is -3.70. The number of hydrogen-bond acceptors (Lipinski definition) is 3. The Balaban J connectivity index is 2.12. The summed E-state index contributed by atoms with van der Waals surface area (Å²) >= 11 is 0. The standard InChI is InChI=1S/C30H31F2NO3/c1-4-30(19-33,28(18-29(34)35)23-15-24(31)17-25(32)16-23)27-12-11-22(14-20(27)2)26-10-6-5-8-21(26)9-7-13-36-3/h5-6,8,10-12,14-17,28H,4,7,9,13,18H2,1-3H3,(H,34,35). The molecule has 0 bridgehead atoms. The van der Waals surface area contributed by atoms with Crippen LogP contribution in [0.3, 0.4) is 0 Å². The molecule has 4 nitrogen and oxygen atoms in total. The Morgan fingerprint density at radius 2 is 1.81 bits per heavy atom. The molecular formula is C30H31F2NO3. The van der Waals surface area contributed by atoms with Crippen LogP contribution < -0.4 is 0 Å². The minimum Gasteiger partial charge on any atom is -0.481 e. The molecule has 3 aromatic rings. The van der Waals surface area contributed by atoms with Gasteiger partial charge < -0.3 is 9.84 Å². The van der Waals surface area contributed by atoms with Gasteiger partial charge in [0, 0.05) is 25.7 Å². The monoisotopic (exact) mass is 491 g/mol. The SMILES string of the molecule is CCC(C#N)(c1ccc(-c2ccccc2CCCOC)cc1C)C(CC(=O)O)c1cc(F)cc(F)c1. The number of methoxy groups -OCH3 is 1. The van der Waals surface area contributed by atoms with Crippen LogP contribution in [-0.4, -0.2) is 24.8 Å². The van der Waals surface area contributed by atoms with Gasteiger partial charge in [0.15, 0.2) is 0 Å². The fourth-order valence-electron chi connectivity index (χ4n) is 5.13. The Bertz CT molecular complexity index is 1250. The first-order valence-corrected chi connectivity index (χ1v) is 12.0. The van der Waals surface area contributed by atoms with Gasteiger partial charge in [-0.25, -0.2) is 8.78 Å². The predicted molar refractivity (Wildman–Crippen MR) is 136 cm³/mol. The normalized spacial score (nSPS) is 13.6. The van der Waals surface area contributed by atoms with Gasteiger partial charge in [-0.3, -0.25) is 4.79 Å². The zero-order chi connectivity index (χ0) is 26.3. The van der Waals surface area contributed by atoms with Crippen molar-refractivity contribution in [2.75, 3.05) is 13.7 Å². The van der Waals surface area contributed by atoms with Crippen LogP contribution in [0.1, 0.15) is 54.4 Å². The minimum atomic E-state index is -1.29. The maximum atomic E-state index is 14.1. The molecule has 0 saturated heterocycles. The molecule has 0 aliphatic heterocycles. The molecule has 0 saturated carbocycles. The van der Waals surface area contributed by atoms with E-state index in [2.05, 4.69) is 18.2 Å². The third-order valence-electron chi connectivity index (χ3n) is 6.85. The van der Waals surface area contributed by atoms with Gasteiger partial charge in [0.2, 0.25) is 0 Å². The van der Waals surface area contributed by atoms with Crippen molar-refractivity contribution in [1.29, 1.82) is 5.26 Å². The van der Waals surface area contributed by atoms with Crippen molar-refractivity contribution in [3.8, 4) is 17.2 Å². The highest BCUT2D eigenvalue weighted by Crippen LogP contribution is 2.46. The summed E-state index contributed by atoms with van der Waals surface area (Å²) in [4.78, 5) is 11.8. The van der Waals surface area contributed by atoms with E-state index >= 15 is 0 Å². The number of halogens is 2. The van der Waals surface area contributed by atoms with E-state index in [1.54, 1.807) is 14.0 Å². The highest BCUT2D eigenvalue weighted by atomic mass is 19.1. The molecule has 188 valence electrons. The Morgan fingerprint density at radius 1 is 1.11 bits per heavy atom. The van der Waals surface area contributed by atoms with Gasteiger partial charge in [-0.2, -0.15) is 5.26 Å². The van der Waals surface area contributed by atoms with Crippen molar-refractivity contribution in [2.24, 2.45) is 0 Å². The van der Waals surface area contributed by atoms with E-state index in [1.165, 1.54) is 5.56 Å². The number of ether oxygens (including phenoxy) is 1. The van der Waals surface area contributed by atoms with Crippen LogP contribution in [-0.2, 0) is 21.4 Å². The summed E-state index contributed by atoms with van der Waals surface area (Å²) in [7, 11) is 1.68. The molecule has 0 amide bonds. The Kier molecular flexibility index (Phi) is 8.95. The van der Waals surface area contributed by atoms with Crippen molar-refractivity contribution >= 4 is 5.97 Å². The number of carboxylic acids is 1. The summed E-state index contributed by atoms with van der Waals surface area (Å²) in [6.45, 7) is 4.35. The molecule has 3 aromatic carbocycles. The van der Waals surface area contributed by atoms with Crippen LogP contribution in [0.4, 0.5) is 8.78 Å². The number of carboxylic acid groups (broad SMARTS) is 1. The van der Waals surface area contributed by atoms with Gasteiger partial charge >= 0.3 is 5.97 Å². The summed E-state index contributed by atoms with van der Waals surface area (Å²) < 4.78 is 33.4. The first-order chi connectivity index (χ1) is 17.2. The molecule has 0 heterocycles. The van der Waals surface area contributed by atoms with E-state index in [1.807, 2.05) is 37.3 Å². The fourth-order valence-corrected chi connectivity index (χ4v) is 5.13. The van der Waals surface area contributed by atoms with E-state index < -0.39 is 35.4 Å². The summed E-state index contributed by atoms with van der Waals surface area (Å²) in [5, 5.41) is 20.1. The Labute approximate surface area is 211 Å². The van der Waals surface area contributed by atoms with E-state index in [4.69, 9.17) is 4.74 Å². The van der Waals surface area contributed by atoms with Crippen molar-refractivity contribution in [3.05, 3.63) is 94.6 Å². The lowest BCUT2D eigenvalue weighted by atomic mass is 9.64. The number of carbonyl (C=O) groups is 1. The molecule has 3 rings (SSSR count). The molecular weight excluding hydrogens is 460 g/mol. The topological polar surface area (TPSA) is 70.3 Å². The van der Waals surface area contributed by atoms with Crippen LogP contribution in [0.2, 0.25) is 0 Å². The molecule has 0 aliphatic rings. The molecule has 2 atom stereocenters. The second kappa shape index (κ2) is 11.9. The molecule has 0 aliphatic carbocycles. The lowest BCUT2D eigenvalue weighted by Gasteiger charge is -2.36. The number of aliphatic carboxylic acids is 1. The molecule has 0 aromatic heterocycles. The molecule has 0 spiro atoms. The number of nitrogens with zero attached hydrogens (tertiary/aromatic N) is 1. The quantitative estimate of drug-likeness (QED) is 0.295. The summed E-state index contributed by atoms with van der Waals surface area (Å²) in [5.41, 5.74) is 3.58. The summed E-state index contributed by atoms with van der Waals surface area (Å²) in [6.07, 6.45) is 1.58. The zero-order valence-electron chi connectivity index (χ0n) is 20.9. The maximum Gasteiger partial charge on any atom is 0.304 e. The van der Waals surface area contributed by atoms with Crippen molar-refractivity contribution < 1.29 is 23.4 Å². The van der Waals surface area contributed by atoms with Gasteiger partial charge in [-0.1, -0.05) is 49.4 Å². The fraction of sp³-hybridized carbons (Fsp3) is 0.333. The molecule has 0 radical (unpaired) electrons. The summed E-state index contributed by atoms with van der Waals surface area (Å²) in [6, 6.07) is 19.2. The van der Waals surface area contributed by atoms with E-state index in [0.717, 1.165) is 47.7 Å². The van der Waals surface area contributed by atoms with Crippen LogP contribution in [0.25, 0.3) is 11.1 Å². The first-order valence-electron chi connectivity index (χ1n) is 12.0. The third-order valence-corrected chi connectivity index (χ3v) is 6.85. The molecule has 1 N–H and O–H groups in total. The predicted octanol–water partition coefficient (Wildman–Crippen LogP) is 6.95. The first kappa shape index (κ1) is 27.0. The number of aryl methyl sites for hydroxylation is 2. The van der Waals surface area contributed by atoms with Crippen LogP contribution >= 0.6 is 0 Å². The number of benzene rings is 3. The number of nitriles is 1. The number of hydrogen-bond donors (Lipinski definition) is 1. The maximum absolute atomic E-state index is 14.1. The lowest BCUT2D eigenvalue weighted by Crippen LogP contribution is -2.34. The highest BCUT2D eigenvalue weighted by molar-refractivity contribution is 5.71. The second-order valence-corrected chi connectivity index (χ2v) is 9.07. The van der Waals surface area contributed by atoms with Crippen molar-refractivity contribution in [3.63, 3.8) is 0 Å². The van der Waals surface area contributed by atoms with Crippen LogP contribution in [0.15, 0.2) is 60.7 Å². The van der Waals surface area contributed by atoms with Crippen LogP contribution in [0, 0.1) is 29.9 Å². The third kappa shape index (κ3) is 5.80. The highest BCUT2D eigenvalue weighted by Gasteiger charge is 2.43. The molecule has 6 heteroatoms. The Morgan fingerprint density at radius 3 is 2.39 bits per heavy atom. The van der Waals surface area contributed by atoms with Gasteiger partial charge in [0.25, 0.3) is 0 Å². The molecule has 0 fully saturated rings. The second-order valence-electron chi connectivity index (χ2n) is 9.07. The van der Waals surface area contributed by atoms with Gasteiger partial charge in [0.1, 0.15) is 11.6 Å². The molecule has 2 unspecified atom stereocenters. The smallest absolute Gasteiger partial charge is 0.304 e.